The molecule has 6 nitrogen and oxygen atoms in total. The van der Waals surface area contributed by atoms with Crippen LogP contribution in [0.4, 0.5) is 0 Å². The summed E-state index contributed by atoms with van der Waals surface area (Å²) in [6.45, 7) is 3.28. The van der Waals surface area contributed by atoms with Crippen LogP contribution in [0.25, 0.3) is 5.65 Å². The Morgan fingerprint density at radius 3 is 3.15 bits per heavy atom. The zero-order valence-electron chi connectivity index (χ0n) is 11.3. The molecule has 1 aliphatic rings. The first kappa shape index (κ1) is 13.1. The first-order valence-corrected chi connectivity index (χ1v) is 6.65. The van der Waals surface area contributed by atoms with Crippen molar-refractivity contribution in [3.05, 3.63) is 35.8 Å². The molecule has 1 N–H and O–H groups in total. The molecule has 1 fully saturated rings. The van der Waals surface area contributed by atoms with Gasteiger partial charge in [-0.15, -0.1) is 0 Å². The van der Waals surface area contributed by atoms with Gasteiger partial charge in [0.25, 0.3) is 5.91 Å². The van der Waals surface area contributed by atoms with Gasteiger partial charge >= 0.3 is 0 Å². The minimum absolute atomic E-state index is 0.0753. The summed E-state index contributed by atoms with van der Waals surface area (Å²) in [6.07, 6.45) is 1.46. The summed E-state index contributed by atoms with van der Waals surface area (Å²) < 4.78 is 7.25. The van der Waals surface area contributed by atoms with E-state index in [0.717, 1.165) is 11.3 Å². The number of nitrogens with zero attached hydrogens (tertiary/aromatic N) is 3. The number of aliphatic hydroxyl groups excluding tert-OH is 1. The van der Waals surface area contributed by atoms with Crippen LogP contribution in [0.2, 0.25) is 0 Å². The van der Waals surface area contributed by atoms with Crippen LogP contribution < -0.4 is 0 Å². The molecule has 1 unspecified atom stereocenters. The van der Waals surface area contributed by atoms with Gasteiger partial charge in [-0.1, -0.05) is 6.07 Å². The molecule has 1 aliphatic heterocycles. The number of aryl methyl sites for hydroxylation is 1. The molecule has 3 heterocycles. The van der Waals surface area contributed by atoms with E-state index in [-0.39, 0.29) is 18.6 Å². The molecule has 20 heavy (non-hydrogen) atoms. The molecule has 0 radical (unpaired) electrons. The van der Waals surface area contributed by atoms with E-state index >= 15 is 0 Å². The molecule has 1 saturated heterocycles. The lowest BCUT2D eigenvalue weighted by atomic mass is 10.2. The predicted octanol–water partition coefficient (Wildman–Crippen LogP) is 0.476. The number of rotatable bonds is 2. The molecule has 106 valence electrons. The van der Waals surface area contributed by atoms with Crippen molar-refractivity contribution < 1.29 is 14.6 Å². The van der Waals surface area contributed by atoms with Crippen molar-refractivity contribution in [3.63, 3.8) is 0 Å². The number of morpholine rings is 1. The van der Waals surface area contributed by atoms with Crippen LogP contribution in [0.5, 0.6) is 0 Å². The van der Waals surface area contributed by atoms with Gasteiger partial charge in [-0.3, -0.25) is 4.79 Å². The second kappa shape index (κ2) is 5.22. The number of hydrogen-bond donors (Lipinski definition) is 1. The first-order chi connectivity index (χ1) is 9.69. The summed E-state index contributed by atoms with van der Waals surface area (Å²) in [6, 6.07) is 5.77. The topological polar surface area (TPSA) is 67.1 Å². The number of ether oxygens (including phenoxy) is 1. The van der Waals surface area contributed by atoms with E-state index < -0.39 is 0 Å². The Bertz CT molecular complexity index is 638. The molecular weight excluding hydrogens is 258 g/mol. The van der Waals surface area contributed by atoms with E-state index in [2.05, 4.69) is 4.98 Å². The molecule has 3 rings (SSSR count). The van der Waals surface area contributed by atoms with Crippen LogP contribution in [0.1, 0.15) is 16.2 Å². The van der Waals surface area contributed by atoms with E-state index in [4.69, 9.17) is 9.84 Å². The lowest BCUT2D eigenvalue weighted by Crippen LogP contribution is -2.47. The van der Waals surface area contributed by atoms with Crippen molar-refractivity contribution >= 4 is 11.6 Å². The average molecular weight is 275 g/mol. The Morgan fingerprint density at radius 2 is 2.40 bits per heavy atom. The number of aliphatic hydroxyl groups is 1. The van der Waals surface area contributed by atoms with Gasteiger partial charge in [0.1, 0.15) is 11.3 Å². The number of carbonyl (C=O) groups is 1. The van der Waals surface area contributed by atoms with Gasteiger partial charge in [-0.05, 0) is 19.1 Å². The van der Waals surface area contributed by atoms with Crippen LogP contribution in [0, 0.1) is 6.92 Å². The second-order valence-electron chi connectivity index (χ2n) is 4.95. The zero-order chi connectivity index (χ0) is 14.1. The highest BCUT2D eigenvalue weighted by Crippen LogP contribution is 2.13. The minimum Gasteiger partial charge on any atom is -0.394 e. The van der Waals surface area contributed by atoms with Gasteiger partial charge in [0.15, 0.2) is 0 Å². The van der Waals surface area contributed by atoms with E-state index in [1.54, 1.807) is 11.1 Å². The number of carbonyl (C=O) groups excluding carboxylic acids is 1. The SMILES string of the molecule is Cc1cccc2nc(C(=O)N3CCOC(CO)C3)cn12. The first-order valence-electron chi connectivity index (χ1n) is 6.65. The molecule has 2 aromatic rings. The molecule has 0 saturated carbocycles. The van der Waals surface area contributed by atoms with Crippen molar-refractivity contribution in [2.45, 2.75) is 13.0 Å². The third-order valence-corrected chi connectivity index (χ3v) is 3.54. The summed E-state index contributed by atoms with van der Waals surface area (Å²) in [5, 5.41) is 9.13. The fourth-order valence-corrected chi connectivity index (χ4v) is 2.43. The van der Waals surface area contributed by atoms with Gasteiger partial charge in [0, 0.05) is 25.0 Å². The Balaban J connectivity index is 1.86. The number of imidazole rings is 1. The molecule has 0 spiro atoms. The van der Waals surface area contributed by atoms with E-state index in [0.29, 0.717) is 25.4 Å². The molecule has 0 aliphatic carbocycles. The maximum absolute atomic E-state index is 12.5. The van der Waals surface area contributed by atoms with Gasteiger partial charge in [0.05, 0.1) is 19.3 Å². The quantitative estimate of drug-likeness (QED) is 0.865. The fraction of sp³-hybridized carbons (Fsp3) is 0.429. The van der Waals surface area contributed by atoms with Crippen molar-refractivity contribution in [2.75, 3.05) is 26.3 Å². The average Bonchev–Trinajstić information content (AvgIpc) is 2.92. The van der Waals surface area contributed by atoms with Crippen LogP contribution in [0.3, 0.4) is 0 Å². The number of hydrogen-bond acceptors (Lipinski definition) is 4. The van der Waals surface area contributed by atoms with Crippen LogP contribution in [-0.2, 0) is 4.74 Å². The summed E-state index contributed by atoms with van der Waals surface area (Å²) in [4.78, 5) is 18.5. The summed E-state index contributed by atoms with van der Waals surface area (Å²) in [5.74, 6) is -0.116. The Kier molecular flexibility index (Phi) is 3.42. The monoisotopic (exact) mass is 275 g/mol. The van der Waals surface area contributed by atoms with Crippen LogP contribution in [0.15, 0.2) is 24.4 Å². The third-order valence-electron chi connectivity index (χ3n) is 3.54. The van der Waals surface area contributed by atoms with Crippen molar-refractivity contribution in [1.82, 2.24) is 14.3 Å². The lowest BCUT2D eigenvalue weighted by molar-refractivity contribution is -0.0448. The third kappa shape index (κ3) is 2.28. The Hall–Kier alpha value is -1.92. The van der Waals surface area contributed by atoms with Crippen LogP contribution in [-0.4, -0.2) is 57.7 Å². The Morgan fingerprint density at radius 1 is 1.55 bits per heavy atom. The van der Waals surface area contributed by atoms with E-state index in [1.807, 2.05) is 29.5 Å². The number of amides is 1. The highest BCUT2D eigenvalue weighted by atomic mass is 16.5. The van der Waals surface area contributed by atoms with E-state index in [9.17, 15) is 4.79 Å². The van der Waals surface area contributed by atoms with Crippen LogP contribution >= 0.6 is 0 Å². The van der Waals surface area contributed by atoms with Gasteiger partial charge < -0.3 is 19.1 Å². The molecule has 2 aromatic heterocycles. The molecule has 0 bridgehead atoms. The minimum atomic E-state index is -0.300. The maximum atomic E-state index is 12.5. The summed E-state index contributed by atoms with van der Waals surface area (Å²) >= 11 is 0. The normalized spacial score (nSPS) is 19.5. The summed E-state index contributed by atoms with van der Waals surface area (Å²) in [5.41, 5.74) is 2.22. The molecule has 0 aromatic carbocycles. The molecule has 1 atom stereocenters. The lowest BCUT2D eigenvalue weighted by Gasteiger charge is -2.31. The standard InChI is InChI=1S/C14H17N3O3/c1-10-3-2-4-13-15-12(8-17(10)13)14(19)16-5-6-20-11(7-16)9-18/h2-4,8,11,18H,5-7,9H2,1H3. The van der Waals surface area contributed by atoms with E-state index in [1.165, 1.54) is 0 Å². The predicted molar refractivity (Wildman–Crippen MR) is 72.7 cm³/mol. The number of pyridine rings is 1. The largest absolute Gasteiger partial charge is 0.394 e. The van der Waals surface area contributed by atoms with Crippen molar-refractivity contribution in [3.8, 4) is 0 Å². The number of aromatic nitrogens is 2. The highest BCUT2D eigenvalue weighted by Gasteiger charge is 2.26. The Labute approximate surface area is 116 Å². The fourth-order valence-electron chi connectivity index (χ4n) is 2.43. The smallest absolute Gasteiger partial charge is 0.274 e. The molecular formula is C14H17N3O3. The van der Waals surface area contributed by atoms with Crippen molar-refractivity contribution in [2.24, 2.45) is 0 Å². The maximum Gasteiger partial charge on any atom is 0.274 e. The molecule has 1 amide bonds. The second-order valence-corrected chi connectivity index (χ2v) is 4.95. The van der Waals surface area contributed by atoms with Gasteiger partial charge in [0.2, 0.25) is 0 Å². The number of fused-ring (bicyclic) bond motifs is 1. The zero-order valence-corrected chi connectivity index (χ0v) is 11.3. The molecule has 6 heteroatoms. The van der Waals surface area contributed by atoms with Crippen molar-refractivity contribution in [1.29, 1.82) is 0 Å². The van der Waals surface area contributed by atoms with Gasteiger partial charge in [-0.25, -0.2) is 4.98 Å². The summed E-state index contributed by atoms with van der Waals surface area (Å²) in [7, 11) is 0. The van der Waals surface area contributed by atoms with Gasteiger partial charge in [-0.2, -0.15) is 0 Å². The highest BCUT2D eigenvalue weighted by molar-refractivity contribution is 5.93.